The molecule has 1 aromatic rings. The van der Waals surface area contributed by atoms with E-state index < -0.39 is 0 Å². The van der Waals surface area contributed by atoms with Gasteiger partial charge in [0.25, 0.3) is 0 Å². The molecule has 1 heterocycles. The van der Waals surface area contributed by atoms with Crippen LogP contribution >= 0.6 is 0 Å². The van der Waals surface area contributed by atoms with Crippen molar-refractivity contribution >= 4 is 11.6 Å². The molecule has 0 saturated carbocycles. The van der Waals surface area contributed by atoms with Gasteiger partial charge in [0.05, 0.1) is 13.2 Å². The second kappa shape index (κ2) is 8.00. The van der Waals surface area contributed by atoms with Crippen LogP contribution in [0.3, 0.4) is 0 Å². The highest BCUT2D eigenvalue weighted by molar-refractivity contribution is 5.85. The van der Waals surface area contributed by atoms with Gasteiger partial charge in [-0.1, -0.05) is 19.1 Å². The summed E-state index contributed by atoms with van der Waals surface area (Å²) in [6.45, 7) is 5.92. The third kappa shape index (κ3) is 4.19. The largest absolute Gasteiger partial charge is 0.377 e. The van der Waals surface area contributed by atoms with Crippen LogP contribution in [0.25, 0.3) is 0 Å². The first kappa shape index (κ1) is 15.8. The minimum Gasteiger partial charge on any atom is -0.377 e. The zero-order valence-corrected chi connectivity index (χ0v) is 12.9. The van der Waals surface area contributed by atoms with Crippen molar-refractivity contribution in [2.75, 3.05) is 38.3 Å². The average Bonchev–Trinajstić information content (AvgIpc) is 2.55. The minimum absolute atomic E-state index is 0.00314. The monoisotopic (exact) mass is 291 g/mol. The van der Waals surface area contributed by atoms with Crippen LogP contribution in [0.2, 0.25) is 0 Å². The Bertz CT molecular complexity index is 447. The maximum Gasteiger partial charge on any atom is 0.244 e. The van der Waals surface area contributed by atoms with Gasteiger partial charge in [-0.05, 0) is 30.7 Å². The lowest BCUT2D eigenvalue weighted by Crippen LogP contribution is -2.53. The molecule has 5 nitrogen and oxygen atoms in total. The van der Waals surface area contributed by atoms with Crippen molar-refractivity contribution in [3.63, 3.8) is 0 Å². The van der Waals surface area contributed by atoms with Crippen molar-refractivity contribution in [3.8, 4) is 0 Å². The van der Waals surface area contributed by atoms with Crippen LogP contribution in [-0.2, 0) is 16.1 Å². The first-order valence-corrected chi connectivity index (χ1v) is 7.62. The van der Waals surface area contributed by atoms with Crippen LogP contribution in [-0.4, -0.2) is 45.3 Å². The SMILES string of the molecule is CCCNCc1ccc(N2CCOCC2C(=O)NC)cc1. The number of likely N-dealkylation sites (N-methyl/N-ethyl adjacent to an activating group) is 1. The number of amides is 1. The van der Waals surface area contributed by atoms with Gasteiger partial charge in [0.15, 0.2) is 0 Å². The van der Waals surface area contributed by atoms with Gasteiger partial charge in [-0.2, -0.15) is 0 Å². The summed E-state index contributed by atoms with van der Waals surface area (Å²) >= 11 is 0. The number of nitrogens with zero attached hydrogens (tertiary/aromatic N) is 1. The molecular formula is C16H25N3O2. The Balaban J connectivity index is 2.03. The molecule has 0 aromatic heterocycles. The molecule has 116 valence electrons. The molecule has 1 aliphatic rings. The Labute approximate surface area is 126 Å². The Morgan fingerprint density at radius 2 is 2.14 bits per heavy atom. The maximum absolute atomic E-state index is 11.9. The number of nitrogens with one attached hydrogen (secondary N) is 2. The first-order chi connectivity index (χ1) is 10.3. The lowest BCUT2D eigenvalue weighted by Gasteiger charge is -2.36. The number of carbonyl (C=O) groups is 1. The predicted octanol–water partition coefficient (Wildman–Crippen LogP) is 1.14. The van der Waals surface area contributed by atoms with Gasteiger partial charge in [0, 0.05) is 25.8 Å². The van der Waals surface area contributed by atoms with Crippen molar-refractivity contribution in [1.29, 1.82) is 0 Å². The zero-order chi connectivity index (χ0) is 15.1. The predicted molar refractivity (Wildman–Crippen MR) is 84.5 cm³/mol. The summed E-state index contributed by atoms with van der Waals surface area (Å²) in [5, 5.41) is 6.10. The van der Waals surface area contributed by atoms with Crippen molar-refractivity contribution < 1.29 is 9.53 Å². The summed E-state index contributed by atoms with van der Waals surface area (Å²) in [7, 11) is 1.66. The lowest BCUT2D eigenvalue weighted by molar-refractivity contribution is -0.124. The fraction of sp³-hybridized carbons (Fsp3) is 0.562. The Morgan fingerprint density at radius 3 is 2.81 bits per heavy atom. The first-order valence-electron chi connectivity index (χ1n) is 7.62. The molecule has 0 spiro atoms. The van der Waals surface area contributed by atoms with Crippen LogP contribution in [0, 0.1) is 0 Å². The van der Waals surface area contributed by atoms with E-state index in [2.05, 4.69) is 46.7 Å². The molecule has 0 radical (unpaired) electrons. The molecule has 1 aromatic carbocycles. The number of rotatable bonds is 6. The highest BCUT2D eigenvalue weighted by Crippen LogP contribution is 2.20. The van der Waals surface area contributed by atoms with Crippen molar-refractivity contribution in [1.82, 2.24) is 10.6 Å². The summed E-state index contributed by atoms with van der Waals surface area (Å²) in [5.74, 6) is 0.00314. The topological polar surface area (TPSA) is 53.6 Å². The molecule has 5 heteroatoms. The molecule has 1 amide bonds. The Morgan fingerprint density at radius 1 is 1.38 bits per heavy atom. The highest BCUT2D eigenvalue weighted by Gasteiger charge is 2.28. The molecule has 1 saturated heterocycles. The molecule has 0 bridgehead atoms. The highest BCUT2D eigenvalue weighted by atomic mass is 16.5. The Kier molecular flexibility index (Phi) is 6.02. The minimum atomic E-state index is -0.243. The number of hydrogen-bond donors (Lipinski definition) is 2. The molecule has 2 rings (SSSR count). The fourth-order valence-corrected chi connectivity index (χ4v) is 2.51. The van der Waals surface area contributed by atoms with E-state index in [0.717, 1.165) is 31.7 Å². The summed E-state index contributed by atoms with van der Waals surface area (Å²) in [6.07, 6.45) is 1.14. The van der Waals surface area contributed by atoms with Gasteiger partial charge in [0.1, 0.15) is 6.04 Å². The van der Waals surface area contributed by atoms with E-state index >= 15 is 0 Å². The fourth-order valence-electron chi connectivity index (χ4n) is 2.51. The summed E-state index contributed by atoms with van der Waals surface area (Å²) in [6, 6.07) is 8.17. The van der Waals surface area contributed by atoms with E-state index in [-0.39, 0.29) is 11.9 Å². The van der Waals surface area contributed by atoms with Gasteiger partial charge in [0.2, 0.25) is 5.91 Å². The van der Waals surface area contributed by atoms with Crippen LogP contribution in [0.5, 0.6) is 0 Å². The molecule has 1 aliphatic heterocycles. The summed E-state index contributed by atoms with van der Waals surface area (Å²) < 4.78 is 5.43. The van der Waals surface area contributed by atoms with E-state index in [9.17, 15) is 4.79 Å². The average molecular weight is 291 g/mol. The second-order valence-electron chi connectivity index (χ2n) is 5.24. The number of morpholine rings is 1. The normalized spacial score (nSPS) is 18.6. The quantitative estimate of drug-likeness (QED) is 0.772. The van der Waals surface area contributed by atoms with Gasteiger partial charge in [-0.25, -0.2) is 0 Å². The van der Waals surface area contributed by atoms with Crippen LogP contribution in [0.15, 0.2) is 24.3 Å². The number of hydrogen-bond acceptors (Lipinski definition) is 4. The van der Waals surface area contributed by atoms with Crippen molar-refractivity contribution in [3.05, 3.63) is 29.8 Å². The van der Waals surface area contributed by atoms with E-state index in [1.54, 1.807) is 7.05 Å². The summed E-state index contributed by atoms with van der Waals surface area (Å²) in [4.78, 5) is 14.1. The third-order valence-corrected chi connectivity index (χ3v) is 3.70. The Hall–Kier alpha value is -1.59. The smallest absolute Gasteiger partial charge is 0.244 e. The standard InChI is InChI=1S/C16H25N3O2/c1-3-8-18-11-13-4-6-14(7-5-13)19-9-10-21-12-15(19)16(20)17-2/h4-7,15,18H,3,8-12H2,1-2H3,(H,17,20). The molecule has 1 fully saturated rings. The summed E-state index contributed by atoms with van der Waals surface area (Å²) in [5.41, 5.74) is 2.34. The van der Waals surface area contributed by atoms with Gasteiger partial charge < -0.3 is 20.3 Å². The van der Waals surface area contributed by atoms with Crippen molar-refractivity contribution in [2.45, 2.75) is 25.9 Å². The molecule has 2 N–H and O–H groups in total. The number of ether oxygens (including phenoxy) is 1. The maximum atomic E-state index is 11.9. The molecule has 0 aliphatic carbocycles. The van der Waals surface area contributed by atoms with E-state index in [0.29, 0.717) is 13.2 Å². The van der Waals surface area contributed by atoms with Gasteiger partial charge in [-0.15, -0.1) is 0 Å². The van der Waals surface area contributed by atoms with Gasteiger partial charge >= 0.3 is 0 Å². The van der Waals surface area contributed by atoms with Crippen LogP contribution < -0.4 is 15.5 Å². The third-order valence-electron chi connectivity index (χ3n) is 3.70. The molecular weight excluding hydrogens is 266 g/mol. The molecule has 21 heavy (non-hydrogen) atoms. The number of benzene rings is 1. The lowest BCUT2D eigenvalue weighted by atomic mass is 10.1. The second-order valence-corrected chi connectivity index (χ2v) is 5.24. The molecule has 1 unspecified atom stereocenters. The van der Waals surface area contributed by atoms with Crippen LogP contribution in [0.1, 0.15) is 18.9 Å². The number of anilines is 1. The van der Waals surface area contributed by atoms with Gasteiger partial charge in [-0.3, -0.25) is 4.79 Å². The zero-order valence-electron chi connectivity index (χ0n) is 12.9. The van der Waals surface area contributed by atoms with Crippen molar-refractivity contribution in [2.24, 2.45) is 0 Å². The number of carbonyl (C=O) groups excluding carboxylic acids is 1. The molecule has 1 atom stereocenters. The van der Waals surface area contributed by atoms with Crippen LogP contribution in [0.4, 0.5) is 5.69 Å². The van der Waals surface area contributed by atoms with E-state index in [4.69, 9.17) is 4.74 Å². The van der Waals surface area contributed by atoms with E-state index in [1.807, 2.05) is 0 Å². The van der Waals surface area contributed by atoms with E-state index in [1.165, 1.54) is 5.56 Å².